The molecule has 6 heteroatoms. The van der Waals surface area contributed by atoms with Crippen LogP contribution in [0.4, 0.5) is 13.2 Å². The van der Waals surface area contributed by atoms with Crippen molar-refractivity contribution in [2.75, 3.05) is 0 Å². The van der Waals surface area contributed by atoms with Gasteiger partial charge < -0.3 is 5.11 Å². The highest BCUT2D eigenvalue weighted by atomic mass is 19.2. The van der Waals surface area contributed by atoms with Gasteiger partial charge in [-0.25, -0.2) is 13.2 Å². The van der Waals surface area contributed by atoms with Crippen molar-refractivity contribution in [3.05, 3.63) is 53.1 Å². The normalized spacial score (nSPS) is 12.8. The number of rotatable bonds is 2. The minimum absolute atomic E-state index is 0.287. The first kappa shape index (κ1) is 11.7. The summed E-state index contributed by atoms with van der Waals surface area (Å²) in [5.41, 5.74) is -0.0394. The number of aromatic nitrogens is 2. The van der Waals surface area contributed by atoms with Crippen molar-refractivity contribution < 1.29 is 18.3 Å². The van der Waals surface area contributed by atoms with Gasteiger partial charge in [0.2, 0.25) is 0 Å². The second kappa shape index (κ2) is 4.21. The molecule has 1 aromatic carbocycles. The highest BCUT2D eigenvalue weighted by Gasteiger charge is 2.22. The highest BCUT2D eigenvalue weighted by Crippen LogP contribution is 2.26. The van der Waals surface area contributed by atoms with E-state index in [9.17, 15) is 18.3 Å². The first-order chi connectivity index (χ1) is 8.02. The van der Waals surface area contributed by atoms with Crippen LogP contribution in [0.3, 0.4) is 0 Å². The molecule has 0 aliphatic carbocycles. The number of halogens is 3. The van der Waals surface area contributed by atoms with Gasteiger partial charge >= 0.3 is 0 Å². The molecule has 2 aromatic rings. The lowest BCUT2D eigenvalue weighted by molar-refractivity contribution is 0.202. The molecule has 0 saturated heterocycles. The Morgan fingerprint density at radius 2 is 1.88 bits per heavy atom. The second-order valence-corrected chi connectivity index (χ2v) is 3.55. The summed E-state index contributed by atoms with van der Waals surface area (Å²) in [7, 11) is 1.55. The zero-order valence-corrected chi connectivity index (χ0v) is 8.86. The van der Waals surface area contributed by atoms with Crippen LogP contribution in [0.25, 0.3) is 0 Å². The summed E-state index contributed by atoms with van der Waals surface area (Å²) in [6.07, 6.45) is 0.0219. The van der Waals surface area contributed by atoms with E-state index in [-0.39, 0.29) is 11.3 Å². The molecule has 0 amide bonds. The van der Waals surface area contributed by atoms with Gasteiger partial charge in [-0.05, 0) is 18.2 Å². The van der Waals surface area contributed by atoms with Gasteiger partial charge in [0.1, 0.15) is 6.10 Å². The monoisotopic (exact) mass is 242 g/mol. The van der Waals surface area contributed by atoms with E-state index in [4.69, 9.17) is 0 Å². The van der Waals surface area contributed by atoms with Gasteiger partial charge in [0.25, 0.3) is 0 Å². The van der Waals surface area contributed by atoms with E-state index in [1.165, 1.54) is 16.9 Å². The van der Waals surface area contributed by atoms with Crippen LogP contribution < -0.4 is 0 Å². The predicted octanol–water partition coefficient (Wildman–Crippen LogP) is 1.92. The van der Waals surface area contributed by atoms with Crippen LogP contribution >= 0.6 is 0 Å². The number of nitrogens with zero attached hydrogens (tertiary/aromatic N) is 2. The van der Waals surface area contributed by atoms with E-state index in [0.29, 0.717) is 0 Å². The molecule has 1 atom stereocenters. The summed E-state index contributed by atoms with van der Waals surface area (Å²) in [4.78, 5) is 0. The Balaban J connectivity index is 2.48. The lowest BCUT2D eigenvalue weighted by Gasteiger charge is -2.12. The molecule has 1 aromatic heterocycles. The van der Waals surface area contributed by atoms with Crippen molar-refractivity contribution in [1.29, 1.82) is 0 Å². The molecule has 1 N–H and O–H groups in total. The predicted molar refractivity (Wildman–Crippen MR) is 53.6 cm³/mol. The second-order valence-electron chi connectivity index (χ2n) is 3.55. The molecule has 0 fully saturated rings. The Hall–Kier alpha value is -1.82. The van der Waals surface area contributed by atoms with Crippen LogP contribution in [0.5, 0.6) is 0 Å². The fourth-order valence-electron chi connectivity index (χ4n) is 1.56. The Morgan fingerprint density at radius 1 is 1.18 bits per heavy atom. The van der Waals surface area contributed by atoms with Crippen molar-refractivity contribution in [1.82, 2.24) is 9.78 Å². The quantitative estimate of drug-likeness (QED) is 0.817. The van der Waals surface area contributed by atoms with Crippen LogP contribution in [0, 0.1) is 17.5 Å². The largest absolute Gasteiger partial charge is 0.382 e. The molecule has 90 valence electrons. The van der Waals surface area contributed by atoms with Gasteiger partial charge in [0.15, 0.2) is 17.5 Å². The van der Waals surface area contributed by atoms with Crippen molar-refractivity contribution in [3.8, 4) is 0 Å². The maximum atomic E-state index is 13.4. The topological polar surface area (TPSA) is 38.0 Å². The zero-order valence-electron chi connectivity index (χ0n) is 8.86. The number of aliphatic hydroxyl groups excluding tert-OH is 1. The number of hydrogen-bond donors (Lipinski definition) is 1. The van der Waals surface area contributed by atoms with E-state index < -0.39 is 23.6 Å². The molecular weight excluding hydrogens is 233 g/mol. The number of aliphatic hydroxyl groups is 1. The smallest absolute Gasteiger partial charge is 0.194 e. The van der Waals surface area contributed by atoms with Gasteiger partial charge in [-0.2, -0.15) is 5.10 Å². The van der Waals surface area contributed by atoms with Crippen molar-refractivity contribution in [2.24, 2.45) is 7.05 Å². The molecule has 0 aliphatic heterocycles. The fourth-order valence-corrected chi connectivity index (χ4v) is 1.56. The Labute approximate surface area is 95.1 Å². The fraction of sp³-hybridized carbons (Fsp3) is 0.182. The number of aryl methyl sites for hydroxylation is 1. The lowest BCUT2D eigenvalue weighted by Crippen LogP contribution is -2.10. The Morgan fingerprint density at radius 3 is 2.47 bits per heavy atom. The van der Waals surface area contributed by atoms with Gasteiger partial charge in [0, 0.05) is 18.8 Å². The van der Waals surface area contributed by atoms with Gasteiger partial charge in [0.05, 0.1) is 5.69 Å². The molecule has 2 rings (SSSR count). The maximum Gasteiger partial charge on any atom is 0.194 e. The lowest BCUT2D eigenvalue weighted by atomic mass is 10.1. The number of hydrogen-bond acceptors (Lipinski definition) is 2. The summed E-state index contributed by atoms with van der Waals surface area (Å²) < 4.78 is 40.5. The molecule has 0 aliphatic rings. The molecule has 1 heterocycles. The van der Waals surface area contributed by atoms with Gasteiger partial charge in [-0.3, -0.25) is 4.68 Å². The average molecular weight is 242 g/mol. The van der Waals surface area contributed by atoms with Gasteiger partial charge in [-0.1, -0.05) is 0 Å². The van der Waals surface area contributed by atoms with Gasteiger partial charge in [-0.15, -0.1) is 0 Å². The molecule has 0 saturated carbocycles. The van der Waals surface area contributed by atoms with Crippen LogP contribution in [-0.4, -0.2) is 14.9 Å². The maximum absolute atomic E-state index is 13.4. The third-order valence-electron chi connectivity index (χ3n) is 2.50. The Bertz CT molecular complexity index is 554. The third-order valence-corrected chi connectivity index (χ3v) is 2.50. The minimum atomic E-state index is -1.59. The van der Waals surface area contributed by atoms with Crippen molar-refractivity contribution in [2.45, 2.75) is 6.10 Å². The van der Waals surface area contributed by atoms with E-state index in [0.717, 1.165) is 12.1 Å². The van der Waals surface area contributed by atoms with E-state index in [1.54, 1.807) is 7.05 Å². The molecule has 0 spiro atoms. The average Bonchev–Trinajstić information content (AvgIpc) is 2.72. The van der Waals surface area contributed by atoms with Crippen LogP contribution in [0.1, 0.15) is 17.4 Å². The van der Waals surface area contributed by atoms with Crippen LogP contribution in [-0.2, 0) is 7.05 Å². The number of benzene rings is 1. The van der Waals surface area contributed by atoms with E-state index in [2.05, 4.69) is 5.10 Å². The zero-order chi connectivity index (χ0) is 12.6. The van der Waals surface area contributed by atoms with Crippen molar-refractivity contribution >= 4 is 0 Å². The standard InChI is InChI=1S/C11H9F3N2O/c1-16-8(4-5-15-16)11(17)6-2-3-7(12)10(14)9(6)13/h2-5,11,17H,1H3. The summed E-state index contributed by atoms with van der Waals surface area (Å²) in [6, 6.07) is 3.24. The molecule has 17 heavy (non-hydrogen) atoms. The Kier molecular flexibility index (Phi) is 2.89. The SMILES string of the molecule is Cn1nccc1C(O)c1ccc(F)c(F)c1F. The summed E-state index contributed by atoms with van der Waals surface area (Å²) in [5.74, 6) is -4.27. The van der Waals surface area contributed by atoms with Crippen LogP contribution in [0.15, 0.2) is 24.4 Å². The summed E-state index contributed by atoms with van der Waals surface area (Å²) in [5, 5.41) is 13.7. The third kappa shape index (κ3) is 1.91. The highest BCUT2D eigenvalue weighted by molar-refractivity contribution is 5.28. The van der Waals surface area contributed by atoms with E-state index in [1.807, 2.05) is 0 Å². The first-order valence-corrected chi connectivity index (χ1v) is 4.81. The molecule has 0 bridgehead atoms. The van der Waals surface area contributed by atoms with Crippen molar-refractivity contribution in [3.63, 3.8) is 0 Å². The molecule has 1 unspecified atom stereocenters. The minimum Gasteiger partial charge on any atom is -0.382 e. The molecule has 3 nitrogen and oxygen atoms in total. The first-order valence-electron chi connectivity index (χ1n) is 4.81. The molecular formula is C11H9F3N2O. The van der Waals surface area contributed by atoms with E-state index >= 15 is 0 Å². The van der Waals surface area contributed by atoms with Crippen LogP contribution in [0.2, 0.25) is 0 Å². The molecule has 0 radical (unpaired) electrons. The summed E-state index contributed by atoms with van der Waals surface area (Å²) >= 11 is 0. The summed E-state index contributed by atoms with van der Waals surface area (Å²) in [6.45, 7) is 0.